The first-order chi connectivity index (χ1) is 12.9. The fourth-order valence-corrected chi connectivity index (χ4v) is 3.54. The second kappa shape index (κ2) is 9.53. The lowest BCUT2D eigenvalue weighted by Crippen LogP contribution is -2.14. The third-order valence-corrected chi connectivity index (χ3v) is 5.57. The molecule has 2 rings (SSSR count). The smallest absolute Gasteiger partial charge is 0.306 e. The molecule has 0 heterocycles. The Balaban J connectivity index is 2.06. The largest absolute Gasteiger partial charge is 0.497 e. The summed E-state index contributed by atoms with van der Waals surface area (Å²) in [4.78, 5) is 11.8. The highest BCUT2D eigenvalue weighted by molar-refractivity contribution is 7.86. The quantitative estimate of drug-likeness (QED) is 0.480. The molecule has 0 aliphatic carbocycles. The average Bonchev–Trinajstić information content (AvgIpc) is 2.67. The van der Waals surface area contributed by atoms with Crippen molar-refractivity contribution in [3.05, 3.63) is 59.7 Å². The number of ether oxygens (including phenoxy) is 2. The Morgan fingerprint density at radius 2 is 1.63 bits per heavy atom. The Morgan fingerprint density at radius 3 is 2.19 bits per heavy atom. The molecule has 146 valence electrons. The minimum absolute atomic E-state index is 0.0378. The molecule has 0 bridgehead atoms. The van der Waals surface area contributed by atoms with Crippen LogP contribution in [0.5, 0.6) is 5.75 Å². The summed E-state index contributed by atoms with van der Waals surface area (Å²) in [5.74, 6) is 0.113. The molecular weight excluding hydrogens is 368 g/mol. The molecule has 0 aromatic heterocycles. The molecule has 0 amide bonds. The molecule has 0 radical (unpaired) electrons. The maximum Gasteiger partial charge on any atom is 0.306 e. The number of rotatable bonds is 9. The highest BCUT2D eigenvalue weighted by Crippen LogP contribution is 2.27. The summed E-state index contributed by atoms with van der Waals surface area (Å²) < 4.78 is 39.6. The van der Waals surface area contributed by atoms with E-state index in [1.165, 1.54) is 19.2 Å². The van der Waals surface area contributed by atoms with Gasteiger partial charge in [-0.25, -0.2) is 0 Å². The van der Waals surface area contributed by atoms with Crippen molar-refractivity contribution in [1.29, 1.82) is 0 Å². The molecular formula is C20H24O6S. The number of esters is 1. The number of methoxy groups -OCH3 is 2. The fourth-order valence-electron chi connectivity index (χ4n) is 2.62. The van der Waals surface area contributed by atoms with Crippen LogP contribution >= 0.6 is 0 Å². The molecule has 1 atom stereocenters. The average molecular weight is 392 g/mol. The summed E-state index contributed by atoms with van der Waals surface area (Å²) in [5, 5.41) is 0. The van der Waals surface area contributed by atoms with Crippen LogP contribution in [0.2, 0.25) is 0 Å². The molecule has 0 saturated heterocycles. The minimum atomic E-state index is -3.84. The first kappa shape index (κ1) is 20.9. The van der Waals surface area contributed by atoms with E-state index in [4.69, 9.17) is 13.7 Å². The van der Waals surface area contributed by atoms with E-state index in [-0.39, 0.29) is 29.8 Å². The van der Waals surface area contributed by atoms with Crippen LogP contribution in [-0.4, -0.2) is 35.2 Å². The monoisotopic (exact) mass is 392 g/mol. The number of aryl methyl sites for hydroxylation is 1. The van der Waals surface area contributed by atoms with Crippen molar-refractivity contribution in [3.63, 3.8) is 0 Å². The zero-order chi connectivity index (χ0) is 19.9. The van der Waals surface area contributed by atoms with Gasteiger partial charge in [-0.05, 0) is 49.1 Å². The first-order valence-corrected chi connectivity index (χ1v) is 9.93. The highest BCUT2D eigenvalue weighted by atomic mass is 32.2. The third kappa shape index (κ3) is 6.08. The van der Waals surface area contributed by atoms with E-state index in [0.29, 0.717) is 12.2 Å². The van der Waals surface area contributed by atoms with Crippen molar-refractivity contribution in [2.45, 2.75) is 30.6 Å². The SMILES string of the molecule is COC(=O)CC(CCOS(=O)(=O)c1ccc(C)cc1)c1ccc(OC)cc1. The van der Waals surface area contributed by atoms with E-state index in [0.717, 1.165) is 11.1 Å². The van der Waals surface area contributed by atoms with E-state index in [1.807, 2.05) is 19.1 Å². The minimum Gasteiger partial charge on any atom is -0.497 e. The van der Waals surface area contributed by atoms with Crippen molar-refractivity contribution in [2.24, 2.45) is 0 Å². The molecule has 0 aliphatic rings. The van der Waals surface area contributed by atoms with Crippen LogP contribution in [0.15, 0.2) is 53.4 Å². The van der Waals surface area contributed by atoms with E-state index in [9.17, 15) is 13.2 Å². The first-order valence-electron chi connectivity index (χ1n) is 8.52. The van der Waals surface area contributed by atoms with Crippen molar-refractivity contribution >= 4 is 16.1 Å². The van der Waals surface area contributed by atoms with Crippen molar-refractivity contribution in [1.82, 2.24) is 0 Å². The van der Waals surface area contributed by atoms with Crippen LogP contribution in [0.3, 0.4) is 0 Å². The van der Waals surface area contributed by atoms with Gasteiger partial charge in [0, 0.05) is 0 Å². The van der Waals surface area contributed by atoms with E-state index >= 15 is 0 Å². The van der Waals surface area contributed by atoms with Crippen LogP contribution in [0, 0.1) is 6.92 Å². The molecule has 0 saturated carbocycles. The number of carbonyl (C=O) groups is 1. The van der Waals surface area contributed by atoms with Gasteiger partial charge in [0.1, 0.15) is 5.75 Å². The Morgan fingerprint density at radius 1 is 1.00 bits per heavy atom. The number of hydrogen-bond donors (Lipinski definition) is 0. The molecule has 0 fully saturated rings. The lowest BCUT2D eigenvalue weighted by atomic mass is 9.93. The molecule has 6 nitrogen and oxygen atoms in total. The molecule has 27 heavy (non-hydrogen) atoms. The number of hydrogen-bond acceptors (Lipinski definition) is 6. The molecule has 7 heteroatoms. The molecule has 2 aromatic rings. The standard InChI is InChI=1S/C20H24O6S/c1-15-4-10-19(11-5-15)27(22,23)26-13-12-17(14-20(21)25-3)16-6-8-18(24-2)9-7-16/h4-11,17H,12-14H2,1-3H3. The summed E-state index contributed by atoms with van der Waals surface area (Å²) in [6.45, 7) is 1.84. The van der Waals surface area contributed by atoms with E-state index in [2.05, 4.69) is 0 Å². The van der Waals surface area contributed by atoms with Gasteiger partial charge < -0.3 is 9.47 Å². The zero-order valence-electron chi connectivity index (χ0n) is 15.7. The van der Waals surface area contributed by atoms with Crippen LogP contribution < -0.4 is 4.74 Å². The second-order valence-electron chi connectivity index (χ2n) is 6.13. The van der Waals surface area contributed by atoms with Crippen LogP contribution in [0.25, 0.3) is 0 Å². The Bertz CT molecular complexity index is 841. The maximum atomic E-state index is 12.3. The van der Waals surface area contributed by atoms with Gasteiger partial charge in [-0.2, -0.15) is 8.42 Å². The lowest BCUT2D eigenvalue weighted by molar-refractivity contribution is -0.141. The molecule has 0 aliphatic heterocycles. The number of carbonyl (C=O) groups excluding carboxylic acids is 1. The summed E-state index contributed by atoms with van der Waals surface area (Å²) >= 11 is 0. The predicted molar refractivity (Wildman–Crippen MR) is 101 cm³/mol. The highest BCUT2D eigenvalue weighted by Gasteiger charge is 2.20. The maximum absolute atomic E-state index is 12.3. The normalized spacial score (nSPS) is 12.4. The van der Waals surface area contributed by atoms with Crippen molar-refractivity contribution in [3.8, 4) is 5.75 Å². The predicted octanol–water partition coefficient (Wildman–Crippen LogP) is 3.45. The molecule has 0 spiro atoms. The summed E-state index contributed by atoms with van der Waals surface area (Å²) in [7, 11) is -0.936. The third-order valence-electron chi connectivity index (χ3n) is 4.24. The van der Waals surface area contributed by atoms with Crippen LogP contribution in [0.1, 0.15) is 29.9 Å². The van der Waals surface area contributed by atoms with Gasteiger partial charge >= 0.3 is 5.97 Å². The Kier molecular flexibility index (Phi) is 7.38. The summed E-state index contributed by atoms with van der Waals surface area (Å²) in [6.07, 6.45) is 0.489. The molecule has 1 unspecified atom stereocenters. The van der Waals surface area contributed by atoms with Gasteiger partial charge in [-0.15, -0.1) is 0 Å². The molecule has 0 N–H and O–H groups in total. The summed E-state index contributed by atoms with van der Waals surface area (Å²) in [6, 6.07) is 13.7. The number of benzene rings is 2. The van der Waals surface area contributed by atoms with Gasteiger partial charge in [0.25, 0.3) is 10.1 Å². The van der Waals surface area contributed by atoms with Crippen molar-refractivity contribution in [2.75, 3.05) is 20.8 Å². The van der Waals surface area contributed by atoms with Crippen molar-refractivity contribution < 1.29 is 26.9 Å². The topological polar surface area (TPSA) is 78.9 Å². The van der Waals surface area contributed by atoms with Crippen LogP contribution in [-0.2, 0) is 23.8 Å². The van der Waals surface area contributed by atoms with Gasteiger partial charge in [0.2, 0.25) is 0 Å². The lowest BCUT2D eigenvalue weighted by Gasteiger charge is -2.17. The summed E-state index contributed by atoms with van der Waals surface area (Å²) in [5.41, 5.74) is 1.85. The fraction of sp³-hybridized carbons (Fsp3) is 0.350. The van der Waals surface area contributed by atoms with Crippen LogP contribution in [0.4, 0.5) is 0 Å². The Hall–Kier alpha value is -2.38. The second-order valence-corrected chi connectivity index (χ2v) is 7.74. The van der Waals surface area contributed by atoms with Gasteiger partial charge in [0.05, 0.1) is 32.1 Å². The molecule has 2 aromatic carbocycles. The zero-order valence-corrected chi connectivity index (χ0v) is 16.5. The van der Waals surface area contributed by atoms with E-state index in [1.54, 1.807) is 31.4 Å². The Labute approximate surface area is 160 Å². The van der Waals surface area contributed by atoms with Gasteiger partial charge in [-0.3, -0.25) is 8.98 Å². The van der Waals surface area contributed by atoms with Gasteiger partial charge in [0.15, 0.2) is 0 Å². The van der Waals surface area contributed by atoms with E-state index < -0.39 is 10.1 Å². The van der Waals surface area contributed by atoms with Gasteiger partial charge in [-0.1, -0.05) is 29.8 Å².